The van der Waals surface area contributed by atoms with E-state index in [2.05, 4.69) is 17.5 Å². The molecule has 7 heteroatoms. The van der Waals surface area contributed by atoms with Gasteiger partial charge in [-0.1, -0.05) is 36.7 Å². The van der Waals surface area contributed by atoms with E-state index in [0.29, 0.717) is 41.2 Å². The number of nitrogens with zero attached hydrogens (tertiary/aromatic N) is 1. The van der Waals surface area contributed by atoms with Crippen molar-refractivity contribution in [2.75, 3.05) is 19.0 Å². The molecule has 0 bridgehead atoms. The highest BCUT2D eigenvalue weighted by Gasteiger charge is 2.06. The maximum atomic E-state index is 11.9. The summed E-state index contributed by atoms with van der Waals surface area (Å²) in [4.78, 5) is 11.9. The zero-order chi connectivity index (χ0) is 20.2. The van der Waals surface area contributed by atoms with Gasteiger partial charge in [-0.15, -0.1) is 11.8 Å². The average Bonchev–Trinajstić information content (AvgIpc) is 2.69. The Labute approximate surface area is 175 Å². The van der Waals surface area contributed by atoms with Gasteiger partial charge in [0.15, 0.2) is 11.5 Å². The van der Waals surface area contributed by atoms with Crippen molar-refractivity contribution < 1.29 is 14.3 Å². The number of hydrazone groups is 1. The van der Waals surface area contributed by atoms with Crippen LogP contribution in [0.3, 0.4) is 0 Å². The summed E-state index contributed by atoms with van der Waals surface area (Å²) in [6.45, 7) is 5.15. The van der Waals surface area contributed by atoms with E-state index < -0.39 is 0 Å². The van der Waals surface area contributed by atoms with E-state index in [0.717, 1.165) is 17.5 Å². The lowest BCUT2D eigenvalue weighted by Crippen LogP contribution is -2.19. The Bertz CT molecular complexity index is 799. The fraction of sp³-hybridized carbons (Fsp3) is 0.333. The molecule has 1 N–H and O–H groups in total. The number of rotatable bonds is 11. The normalized spacial score (nSPS) is 10.8. The number of carbonyl (C=O) groups excluding carboxylic acids is 1. The molecule has 0 saturated carbocycles. The first-order valence-electron chi connectivity index (χ1n) is 9.16. The van der Waals surface area contributed by atoms with Crippen LogP contribution in [0.25, 0.3) is 0 Å². The summed E-state index contributed by atoms with van der Waals surface area (Å²) in [6, 6.07) is 13.2. The molecule has 0 heterocycles. The second kappa shape index (κ2) is 12.3. The number of carbonyl (C=O) groups is 1. The standard InChI is InChI=1S/C21H25ClN2O3S/c1-3-11-27-19-10-9-16(12-20(19)26-4-2)13-23-24-21(25)15-28-14-17-7-5-6-8-18(17)22/h5-10,12-13H,3-4,11,14-15H2,1-2H3,(H,24,25)/b23-13+. The Morgan fingerprint density at radius 3 is 2.75 bits per heavy atom. The number of hydrogen-bond donors (Lipinski definition) is 1. The minimum Gasteiger partial charge on any atom is -0.490 e. The van der Waals surface area contributed by atoms with E-state index in [1.807, 2.05) is 49.4 Å². The van der Waals surface area contributed by atoms with Gasteiger partial charge in [0.25, 0.3) is 0 Å². The molecule has 0 radical (unpaired) electrons. The molecule has 0 aliphatic heterocycles. The molecule has 150 valence electrons. The Kier molecular flexibility index (Phi) is 9.72. The van der Waals surface area contributed by atoms with Crippen molar-refractivity contribution in [3.8, 4) is 11.5 Å². The molecule has 0 saturated heterocycles. The van der Waals surface area contributed by atoms with Crippen molar-refractivity contribution in [3.63, 3.8) is 0 Å². The first kappa shape index (κ1) is 22.1. The predicted molar refractivity (Wildman–Crippen MR) is 117 cm³/mol. The van der Waals surface area contributed by atoms with Crippen molar-refractivity contribution in [1.29, 1.82) is 0 Å². The van der Waals surface area contributed by atoms with E-state index in [1.165, 1.54) is 11.8 Å². The Balaban J connectivity index is 1.83. The van der Waals surface area contributed by atoms with Crippen molar-refractivity contribution >= 4 is 35.5 Å². The maximum Gasteiger partial charge on any atom is 0.250 e. The summed E-state index contributed by atoms with van der Waals surface area (Å²) >= 11 is 7.60. The molecule has 0 fully saturated rings. The quantitative estimate of drug-likeness (QED) is 0.414. The average molecular weight is 421 g/mol. The van der Waals surface area contributed by atoms with Gasteiger partial charge in [-0.2, -0.15) is 5.10 Å². The third kappa shape index (κ3) is 7.44. The smallest absolute Gasteiger partial charge is 0.250 e. The summed E-state index contributed by atoms with van der Waals surface area (Å²) in [7, 11) is 0. The third-order valence-electron chi connectivity index (χ3n) is 3.58. The summed E-state index contributed by atoms with van der Waals surface area (Å²) in [6.07, 6.45) is 2.51. The molecule has 2 rings (SSSR count). The number of hydrogen-bond acceptors (Lipinski definition) is 5. The second-order valence-electron chi connectivity index (χ2n) is 5.87. The van der Waals surface area contributed by atoms with Crippen LogP contribution in [0.4, 0.5) is 0 Å². The molecule has 2 aromatic rings. The summed E-state index contributed by atoms with van der Waals surface area (Å²) in [5, 5.41) is 4.73. The molecule has 5 nitrogen and oxygen atoms in total. The molecule has 0 atom stereocenters. The molecule has 0 aliphatic carbocycles. The van der Waals surface area contributed by atoms with Gasteiger partial charge in [0.05, 0.1) is 25.2 Å². The lowest BCUT2D eigenvalue weighted by atomic mass is 10.2. The van der Waals surface area contributed by atoms with Crippen LogP contribution in [-0.2, 0) is 10.5 Å². The molecular weight excluding hydrogens is 396 g/mol. The fourth-order valence-corrected chi connectivity index (χ4v) is 3.39. The monoisotopic (exact) mass is 420 g/mol. The zero-order valence-electron chi connectivity index (χ0n) is 16.1. The van der Waals surface area contributed by atoms with Crippen LogP contribution in [0.1, 0.15) is 31.4 Å². The SMILES string of the molecule is CCCOc1ccc(/C=N/NC(=O)CSCc2ccccc2Cl)cc1OCC. The highest BCUT2D eigenvalue weighted by atomic mass is 35.5. The number of thioether (sulfide) groups is 1. The van der Waals surface area contributed by atoms with E-state index >= 15 is 0 Å². The molecule has 28 heavy (non-hydrogen) atoms. The van der Waals surface area contributed by atoms with Gasteiger partial charge >= 0.3 is 0 Å². The third-order valence-corrected chi connectivity index (χ3v) is 4.93. The first-order chi connectivity index (χ1) is 13.6. The van der Waals surface area contributed by atoms with Gasteiger partial charge < -0.3 is 9.47 Å². The van der Waals surface area contributed by atoms with E-state index in [9.17, 15) is 4.79 Å². The van der Waals surface area contributed by atoms with Gasteiger partial charge in [0, 0.05) is 10.8 Å². The number of benzene rings is 2. The number of halogens is 1. The minimum absolute atomic E-state index is 0.166. The number of ether oxygens (including phenoxy) is 2. The first-order valence-corrected chi connectivity index (χ1v) is 10.7. The van der Waals surface area contributed by atoms with Crippen molar-refractivity contribution in [1.82, 2.24) is 5.43 Å². The topological polar surface area (TPSA) is 59.9 Å². The van der Waals surface area contributed by atoms with Gasteiger partial charge in [0.2, 0.25) is 5.91 Å². The van der Waals surface area contributed by atoms with E-state index in [-0.39, 0.29) is 5.91 Å². The van der Waals surface area contributed by atoms with Crippen LogP contribution in [0.5, 0.6) is 11.5 Å². The molecule has 0 aromatic heterocycles. The number of nitrogens with one attached hydrogen (secondary N) is 1. The lowest BCUT2D eigenvalue weighted by molar-refractivity contribution is -0.118. The second-order valence-corrected chi connectivity index (χ2v) is 7.26. The summed E-state index contributed by atoms with van der Waals surface area (Å²) in [5.74, 6) is 2.19. The van der Waals surface area contributed by atoms with Crippen LogP contribution in [0.2, 0.25) is 5.02 Å². The molecular formula is C21H25ClN2O3S. The largest absolute Gasteiger partial charge is 0.490 e. The van der Waals surface area contributed by atoms with Crippen LogP contribution in [-0.4, -0.2) is 31.1 Å². The van der Waals surface area contributed by atoms with Gasteiger partial charge in [-0.05, 0) is 48.7 Å². The Hall–Kier alpha value is -2.18. The van der Waals surface area contributed by atoms with Crippen LogP contribution >= 0.6 is 23.4 Å². The summed E-state index contributed by atoms with van der Waals surface area (Å²) < 4.78 is 11.3. The summed E-state index contributed by atoms with van der Waals surface area (Å²) in [5.41, 5.74) is 4.37. The molecule has 2 aromatic carbocycles. The minimum atomic E-state index is -0.166. The van der Waals surface area contributed by atoms with Crippen molar-refractivity contribution in [2.45, 2.75) is 26.0 Å². The Morgan fingerprint density at radius 1 is 1.18 bits per heavy atom. The Morgan fingerprint density at radius 2 is 2.00 bits per heavy atom. The molecule has 1 amide bonds. The fourth-order valence-electron chi connectivity index (χ4n) is 2.28. The predicted octanol–water partition coefficient (Wildman–Crippen LogP) is 4.91. The van der Waals surface area contributed by atoms with Crippen LogP contribution < -0.4 is 14.9 Å². The van der Waals surface area contributed by atoms with Crippen LogP contribution in [0, 0.1) is 0 Å². The van der Waals surface area contributed by atoms with Gasteiger partial charge in [0.1, 0.15) is 0 Å². The highest BCUT2D eigenvalue weighted by Crippen LogP contribution is 2.28. The molecule has 0 aliphatic rings. The van der Waals surface area contributed by atoms with Crippen LogP contribution in [0.15, 0.2) is 47.6 Å². The lowest BCUT2D eigenvalue weighted by Gasteiger charge is -2.11. The molecule has 0 unspecified atom stereocenters. The van der Waals surface area contributed by atoms with Crippen molar-refractivity contribution in [2.24, 2.45) is 5.10 Å². The maximum absolute atomic E-state index is 11.9. The number of amides is 1. The van der Waals surface area contributed by atoms with Gasteiger partial charge in [-0.25, -0.2) is 5.43 Å². The van der Waals surface area contributed by atoms with Gasteiger partial charge in [-0.3, -0.25) is 4.79 Å². The van der Waals surface area contributed by atoms with E-state index in [1.54, 1.807) is 6.21 Å². The van der Waals surface area contributed by atoms with Crippen molar-refractivity contribution in [3.05, 3.63) is 58.6 Å². The molecule has 0 spiro atoms. The van der Waals surface area contributed by atoms with E-state index in [4.69, 9.17) is 21.1 Å². The highest BCUT2D eigenvalue weighted by molar-refractivity contribution is 7.99. The zero-order valence-corrected chi connectivity index (χ0v) is 17.7.